The molecule has 0 aliphatic carbocycles. The number of hydrogen-bond acceptors (Lipinski definition) is 4. The molecule has 6 heteroatoms. The summed E-state index contributed by atoms with van der Waals surface area (Å²) in [4.78, 5) is 17.0. The molecule has 0 aromatic heterocycles. The van der Waals surface area contributed by atoms with Crippen LogP contribution in [0.15, 0.2) is 40.9 Å². The Morgan fingerprint density at radius 3 is 2.55 bits per heavy atom. The molecule has 5 nitrogen and oxygen atoms in total. The Balaban J connectivity index is 1.20. The van der Waals surface area contributed by atoms with E-state index in [-0.39, 0.29) is 12.5 Å². The average molecular weight is 461 g/mol. The predicted molar refractivity (Wildman–Crippen MR) is 118 cm³/mol. The maximum absolute atomic E-state index is 12.6. The fourth-order valence-electron chi connectivity index (χ4n) is 4.18. The standard InChI is InChI=1S/C23H29BrN2O3/c24-21-3-1-20-16-22(4-2-19(20)15-21)29-17-23(27)26-9-6-18(7-10-26)5-8-25-11-13-28-14-12-25/h1-4,15-16,18H,5-14,17H2. The Kier molecular flexibility index (Phi) is 7.06. The summed E-state index contributed by atoms with van der Waals surface area (Å²) in [7, 11) is 0. The van der Waals surface area contributed by atoms with Crippen molar-refractivity contribution in [2.24, 2.45) is 5.92 Å². The van der Waals surface area contributed by atoms with Crippen LogP contribution in [0.25, 0.3) is 10.8 Å². The van der Waals surface area contributed by atoms with Crippen molar-refractivity contribution in [3.63, 3.8) is 0 Å². The van der Waals surface area contributed by atoms with Gasteiger partial charge in [0.1, 0.15) is 5.75 Å². The molecule has 2 saturated heterocycles. The Morgan fingerprint density at radius 2 is 1.76 bits per heavy atom. The topological polar surface area (TPSA) is 42.0 Å². The number of carbonyl (C=O) groups is 1. The first kappa shape index (κ1) is 20.6. The zero-order chi connectivity index (χ0) is 20.1. The van der Waals surface area contributed by atoms with Crippen molar-refractivity contribution in [3.8, 4) is 5.75 Å². The lowest BCUT2D eigenvalue weighted by Gasteiger charge is -2.34. The van der Waals surface area contributed by atoms with Gasteiger partial charge < -0.3 is 14.4 Å². The van der Waals surface area contributed by atoms with Crippen LogP contribution in [0.2, 0.25) is 0 Å². The van der Waals surface area contributed by atoms with Crippen LogP contribution in [0.5, 0.6) is 5.75 Å². The molecule has 156 valence electrons. The Labute approximate surface area is 181 Å². The van der Waals surface area contributed by atoms with Gasteiger partial charge in [-0.2, -0.15) is 0 Å². The molecule has 2 fully saturated rings. The summed E-state index contributed by atoms with van der Waals surface area (Å²) in [6.07, 6.45) is 3.42. The number of hydrogen-bond donors (Lipinski definition) is 0. The molecule has 1 amide bonds. The highest BCUT2D eigenvalue weighted by Gasteiger charge is 2.23. The molecule has 2 aromatic rings. The number of halogens is 1. The van der Waals surface area contributed by atoms with Gasteiger partial charge in [0.25, 0.3) is 5.91 Å². The number of rotatable bonds is 6. The predicted octanol–water partition coefficient (Wildman–Crippen LogP) is 3.94. The van der Waals surface area contributed by atoms with Crippen LogP contribution in [-0.4, -0.2) is 68.3 Å². The smallest absolute Gasteiger partial charge is 0.260 e. The largest absolute Gasteiger partial charge is 0.484 e. The maximum Gasteiger partial charge on any atom is 0.260 e. The summed E-state index contributed by atoms with van der Waals surface area (Å²) >= 11 is 3.49. The lowest BCUT2D eigenvalue weighted by atomic mass is 9.93. The third-order valence-electron chi connectivity index (χ3n) is 6.06. The molecule has 2 aromatic carbocycles. The molecule has 0 atom stereocenters. The molecular formula is C23H29BrN2O3. The van der Waals surface area contributed by atoms with E-state index >= 15 is 0 Å². The molecule has 0 saturated carbocycles. The zero-order valence-electron chi connectivity index (χ0n) is 16.8. The van der Waals surface area contributed by atoms with Crippen molar-refractivity contribution in [2.45, 2.75) is 19.3 Å². The second-order valence-electron chi connectivity index (χ2n) is 8.01. The lowest BCUT2D eigenvalue weighted by molar-refractivity contribution is -0.134. The first-order chi connectivity index (χ1) is 14.2. The van der Waals surface area contributed by atoms with Gasteiger partial charge in [0, 0.05) is 30.7 Å². The van der Waals surface area contributed by atoms with Gasteiger partial charge in [-0.1, -0.05) is 28.1 Å². The van der Waals surface area contributed by atoms with Gasteiger partial charge in [-0.25, -0.2) is 0 Å². The van der Waals surface area contributed by atoms with Crippen molar-refractivity contribution < 1.29 is 14.3 Å². The van der Waals surface area contributed by atoms with E-state index in [0.717, 1.165) is 85.7 Å². The molecule has 0 N–H and O–H groups in total. The number of fused-ring (bicyclic) bond motifs is 1. The van der Waals surface area contributed by atoms with Crippen LogP contribution in [0.3, 0.4) is 0 Å². The molecule has 2 aliphatic heterocycles. The highest BCUT2D eigenvalue weighted by Crippen LogP contribution is 2.25. The number of likely N-dealkylation sites (tertiary alicyclic amines) is 1. The van der Waals surface area contributed by atoms with Crippen molar-refractivity contribution in [3.05, 3.63) is 40.9 Å². The van der Waals surface area contributed by atoms with E-state index in [4.69, 9.17) is 9.47 Å². The number of nitrogens with zero attached hydrogens (tertiary/aromatic N) is 2. The van der Waals surface area contributed by atoms with E-state index in [0.29, 0.717) is 0 Å². The number of amides is 1. The van der Waals surface area contributed by atoms with E-state index < -0.39 is 0 Å². The minimum atomic E-state index is 0.0903. The summed E-state index contributed by atoms with van der Waals surface area (Å²) in [5.41, 5.74) is 0. The summed E-state index contributed by atoms with van der Waals surface area (Å²) in [5, 5.41) is 2.26. The van der Waals surface area contributed by atoms with E-state index in [9.17, 15) is 4.79 Å². The zero-order valence-corrected chi connectivity index (χ0v) is 18.4. The Bertz CT molecular complexity index is 830. The van der Waals surface area contributed by atoms with Gasteiger partial charge in [0.2, 0.25) is 0 Å². The maximum atomic E-state index is 12.6. The third kappa shape index (κ3) is 5.71. The van der Waals surface area contributed by atoms with E-state index in [1.165, 1.54) is 6.42 Å². The molecule has 0 bridgehead atoms. The summed E-state index contributed by atoms with van der Waals surface area (Å²) < 4.78 is 12.3. The van der Waals surface area contributed by atoms with Gasteiger partial charge in [0.05, 0.1) is 13.2 Å². The van der Waals surface area contributed by atoms with Crippen LogP contribution >= 0.6 is 15.9 Å². The fourth-order valence-corrected chi connectivity index (χ4v) is 4.56. The van der Waals surface area contributed by atoms with Gasteiger partial charge in [0.15, 0.2) is 6.61 Å². The van der Waals surface area contributed by atoms with Crippen LogP contribution in [0.4, 0.5) is 0 Å². The monoisotopic (exact) mass is 460 g/mol. The van der Waals surface area contributed by atoms with E-state index in [1.807, 2.05) is 29.2 Å². The van der Waals surface area contributed by atoms with Crippen LogP contribution < -0.4 is 4.74 Å². The number of morpholine rings is 1. The van der Waals surface area contributed by atoms with Crippen LogP contribution in [-0.2, 0) is 9.53 Å². The van der Waals surface area contributed by atoms with Crippen LogP contribution in [0, 0.1) is 5.92 Å². The van der Waals surface area contributed by atoms with Crippen molar-refractivity contribution in [1.29, 1.82) is 0 Å². The van der Waals surface area contributed by atoms with Crippen LogP contribution in [0.1, 0.15) is 19.3 Å². The van der Waals surface area contributed by atoms with Crippen molar-refractivity contribution in [1.82, 2.24) is 9.80 Å². The molecule has 29 heavy (non-hydrogen) atoms. The number of piperidine rings is 1. The van der Waals surface area contributed by atoms with Gasteiger partial charge >= 0.3 is 0 Å². The number of ether oxygens (including phenoxy) is 2. The minimum absolute atomic E-state index is 0.0903. The Hall–Kier alpha value is -1.63. The molecule has 4 rings (SSSR count). The molecule has 2 aliphatic rings. The highest BCUT2D eigenvalue weighted by molar-refractivity contribution is 9.10. The molecule has 2 heterocycles. The summed E-state index contributed by atoms with van der Waals surface area (Å²) in [5.74, 6) is 1.56. The minimum Gasteiger partial charge on any atom is -0.484 e. The van der Waals surface area contributed by atoms with Crippen molar-refractivity contribution in [2.75, 3.05) is 52.5 Å². The van der Waals surface area contributed by atoms with Gasteiger partial charge in [-0.05, 0) is 66.8 Å². The number of benzene rings is 2. The second kappa shape index (κ2) is 9.92. The van der Waals surface area contributed by atoms with Gasteiger partial charge in [-0.3, -0.25) is 9.69 Å². The number of carbonyl (C=O) groups excluding carboxylic acids is 1. The SMILES string of the molecule is O=C(COc1ccc2cc(Br)ccc2c1)N1CCC(CCN2CCOCC2)CC1. The Morgan fingerprint density at radius 1 is 1.03 bits per heavy atom. The quantitative estimate of drug-likeness (QED) is 0.654. The molecule has 0 spiro atoms. The summed E-state index contributed by atoms with van der Waals surface area (Å²) in [6.45, 7) is 6.80. The third-order valence-corrected chi connectivity index (χ3v) is 6.55. The van der Waals surface area contributed by atoms with Crippen molar-refractivity contribution >= 4 is 32.6 Å². The van der Waals surface area contributed by atoms with E-state index in [2.05, 4.69) is 33.0 Å². The summed E-state index contributed by atoms with van der Waals surface area (Å²) in [6, 6.07) is 12.1. The first-order valence-electron chi connectivity index (χ1n) is 10.6. The molecule has 0 unspecified atom stereocenters. The normalized spacial score (nSPS) is 18.9. The highest BCUT2D eigenvalue weighted by atomic mass is 79.9. The second-order valence-corrected chi connectivity index (χ2v) is 8.92. The lowest BCUT2D eigenvalue weighted by Crippen LogP contribution is -2.42. The fraction of sp³-hybridized carbons (Fsp3) is 0.522. The average Bonchev–Trinajstić information content (AvgIpc) is 2.77. The van der Waals surface area contributed by atoms with Gasteiger partial charge in [-0.15, -0.1) is 0 Å². The first-order valence-corrected chi connectivity index (χ1v) is 11.4. The molecular weight excluding hydrogens is 432 g/mol. The molecule has 0 radical (unpaired) electrons. The van der Waals surface area contributed by atoms with E-state index in [1.54, 1.807) is 0 Å².